The van der Waals surface area contributed by atoms with Crippen molar-refractivity contribution in [3.63, 3.8) is 0 Å². The lowest BCUT2D eigenvalue weighted by molar-refractivity contribution is -0.879. The number of unbranched alkanes of at least 4 members (excludes halogenated alkanes) is 2. The number of hydrogen-bond acceptors (Lipinski definition) is 3. The van der Waals surface area contributed by atoms with E-state index in [2.05, 4.69) is 19.1 Å². The fourth-order valence-electron chi connectivity index (χ4n) is 2.23. The summed E-state index contributed by atoms with van der Waals surface area (Å²) in [5.41, 5.74) is 7.55. The number of quaternary nitrogens is 1. The van der Waals surface area contributed by atoms with Crippen molar-refractivity contribution in [1.29, 1.82) is 0 Å². The molecule has 0 spiro atoms. The van der Waals surface area contributed by atoms with Crippen LogP contribution in [-0.4, -0.2) is 36.4 Å². The molecule has 0 saturated heterocycles. The van der Waals surface area contributed by atoms with Crippen LogP contribution in [0.2, 0.25) is 0 Å². The van der Waals surface area contributed by atoms with Crippen LogP contribution < -0.4 is 15.4 Å². The Balaban J connectivity index is 1.82. The van der Waals surface area contributed by atoms with Crippen LogP contribution in [0.25, 0.3) is 5.52 Å². The Hall–Kier alpha value is -1.75. The van der Waals surface area contributed by atoms with Crippen molar-refractivity contribution in [3.8, 4) is 5.88 Å². The minimum atomic E-state index is 0.539. The van der Waals surface area contributed by atoms with Crippen molar-refractivity contribution in [2.24, 2.45) is 0 Å². The molecule has 20 heavy (non-hydrogen) atoms. The normalized spacial score (nSPS) is 12.7. The highest BCUT2D eigenvalue weighted by molar-refractivity contribution is 5.74. The van der Waals surface area contributed by atoms with Gasteiger partial charge in [0.15, 0.2) is 0 Å². The van der Waals surface area contributed by atoms with Crippen LogP contribution in [0.3, 0.4) is 0 Å². The molecular formula is C15H25N4O+. The molecule has 0 aromatic carbocycles. The Bertz CT molecular complexity index is 538. The molecule has 110 valence electrons. The van der Waals surface area contributed by atoms with Crippen LogP contribution in [-0.2, 0) is 0 Å². The Morgan fingerprint density at radius 1 is 1.30 bits per heavy atom. The van der Waals surface area contributed by atoms with E-state index in [1.54, 1.807) is 4.52 Å². The Morgan fingerprint density at radius 2 is 2.15 bits per heavy atom. The molecule has 2 rings (SSSR count). The van der Waals surface area contributed by atoms with Gasteiger partial charge in [-0.15, -0.1) is 5.10 Å². The molecule has 0 aliphatic rings. The van der Waals surface area contributed by atoms with E-state index < -0.39 is 0 Å². The van der Waals surface area contributed by atoms with Crippen molar-refractivity contribution < 1.29 is 9.64 Å². The Kier molecular flexibility index (Phi) is 5.24. The lowest BCUT2D eigenvalue weighted by atomic mass is 10.2. The first kappa shape index (κ1) is 14.7. The van der Waals surface area contributed by atoms with Gasteiger partial charge in [-0.25, -0.2) is 4.52 Å². The fraction of sp³-hybridized carbons (Fsp3) is 0.533. The Morgan fingerprint density at radius 3 is 2.90 bits per heavy atom. The fourth-order valence-corrected chi connectivity index (χ4v) is 2.23. The third kappa shape index (κ3) is 3.63. The van der Waals surface area contributed by atoms with E-state index in [9.17, 15) is 0 Å². The zero-order chi connectivity index (χ0) is 14.4. The second kappa shape index (κ2) is 7.14. The van der Waals surface area contributed by atoms with Crippen molar-refractivity contribution in [2.45, 2.75) is 26.2 Å². The molecule has 0 bridgehead atoms. The van der Waals surface area contributed by atoms with E-state index in [1.807, 2.05) is 24.4 Å². The van der Waals surface area contributed by atoms with Gasteiger partial charge in [-0.2, -0.15) is 0 Å². The number of hydrogen-bond donors (Lipinski definition) is 2. The maximum absolute atomic E-state index is 6.04. The molecule has 1 unspecified atom stereocenters. The highest BCUT2D eigenvalue weighted by Gasteiger charge is 2.11. The van der Waals surface area contributed by atoms with E-state index >= 15 is 0 Å². The molecule has 2 aromatic rings. The largest absolute Gasteiger partial charge is 0.469 e. The van der Waals surface area contributed by atoms with Gasteiger partial charge in [0.05, 0.1) is 19.1 Å². The molecule has 1 atom stereocenters. The summed E-state index contributed by atoms with van der Waals surface area (Å²) in [6.07, 6.45) is 5.72. The number of fused-ring (bicyclic) bond motifs is 1. The van der Waals surface area contributed by atoms with E-state index in [0.717, 1.165) is 12.1 Å². The average Bonchev–Trinajstić information content (AvgIpc) is 2.77. The maximum Gasteiger partial charge on any atom is 0.257 e. The van der Waals surface area contributed by atoms with Crippen LogP contribution in [0.5, 0.6) is 5.88 Å². The predicted octanol–water partition coefficient (Wildman–Crippen LogP) is 1.00. The lowest BCUT2D eigenvalue weighted by Crippen LogP contribution is -3.09. The quantitative estimate of drug-likeness (QED) is 0.708. The van der Waals surface area contributed by atoms with Crippen LogP contribution in [0.4, 0.5) is 5.69 Å². The molecular weight excluding hydrogens is 252 g/mol. The molecule has 0 amide bonds. The average molecular weight is 277 g/mol. The number of likely N-dealkylation sites (N-methyl/N-ethyl adjacent to an activating group) is 1. The first-order chi connectivity index (χ1) is 9.72. The third-order valence-electron chi connectivity index (χ3n) is 3.52. The van der Waals surface area contributed by atoms with E-state index in [-0.39, 0.29) is 0 Å². The van der Waals surface area contributed by atoms with Crippen LogP contribution in [0.1, 0.15) is 26.2 Å². The van der Waals surface area contributed by atoms with Crippen LogP contribution in [0.15, 0.2) is 24.4 Å². The second-order valence-corrected chi connectivity index (χ2v) is 5.26. The van der Waals surface area contributed by atoms with Crippen molar-refractivity contribution in [2.75, 3.05) is 32.5 Å². The number of rotatable bonds is 8. The Labute approximate surface area is 120 Å². The summed E-state index contributed by atoms with van der Waals surface area (Å²) in [5.74, 6) is 0.539. The lowest BCUT2D eigenvalue weighted by Gasteiger charge is -2.13. The first-order valence-corrected chi connectivity index (χ1v) is 7.39. The van der Waals surface area contributed by atoms with Gasteiger partial charge in [-0.3, -0.25) is 0 Å². The van der Waals surface area contributed by atoms with Crippen LogP contribution >= 0.6 is 0 Å². The van der Waals surface area contributed by atoms with Crippen molar-refractivity contribution in [3.05, 3.63) is 24.4 Å². The smallest absolute Gasteiger partial charge is 0.257 e. The minimum absolute atomic E-state index is 0.539. The monoisotopic (exact) mass is 277 g/mol. The van der Waals surface area contributed by atoms with Gasteiger partial charge in [0.25, 0.3) is 5.88 Å². The second-order valence-electron chi connectivity index (χ2n) is 5.26. The first-order valence-electron chi connectivity index (χ1n) is 7.39. The van der Waals surface area contributed by atoms with E-state index in [0.29, 0.717) is 18.2 Å². The standard InChI is InChI=1S/C15H24N4O/c1-3-4-6-9-18(2)11-12-20-15-14(16)13-8-5-7-10-19(13)17-15/h5,7-8,10H,3-4,6,9,11-12,16H2,1-2H3/p+1. The zero-order valence-electron chi connectivity index (χ0n) is 12.4. The van der Waals surface area contributed by atoms with Gasteiger partial charge in [0, 0.05) is 6.20 Å². The zero-order valence-corrected chi connectivity index (χ0v) is 12.4. The summed E-state index contributed by atoms with van der Waals surface area (Å²) in [6, 6.07) is 5.81. The van der Waals surface area contributed by atoms with E-state index in [1.165, 1.54) is 30.7 Å². The number of nitrogens with two attached hydrogens (primary N) is 1. The van der Waals surface area contributed by atoms with Gasteiger partial charge < -0.3 is 15.4 Å². The summed E-state index contributed by atoms with van der Waals surface area (Å²) in [7, 11) is 2.20. The van der Waals surface area contributed by atoms with Crippen LogP contribution in [0, 0.1) is 0 Å². The van der Waals surface area contributed by atoms with Gasteiger partial charge in [-0.05, 0) is 25.0 Å². The minimum Gasteiger partial charge on any atom is -0.469 e. The number of aromatic nitrogens is 2. The topological polar surface area (TPSA) is 57.0 Å². The number of ether oxygens (including phenoxy) is 1. The molecule has 3 N–H and O–H groups in total. The SMILES string of the molecule is CCCCC[NH+](C)CCOc1nn2ccccc2c1N. The highest BCUT2D eigenvalue weighted by Crippen LogP contribution is 2.24. The van der Waals surface area contributed by atoms with Gasteiger partial charge >= 0.3 is 0 Å². The molecule has 0 radical (unpaired) electrons. The summed E-state index contributed by atoms with van der Waals surface area (Å²) in [6.45, 7) is 5.03. The van der Waals surface area contributed by atoms with Crippen molar-refractivity contribution >= 4 is 11.2 Å². The molecule has 5 heteroatoms. The molecule has 2 heterocycles. The summed E-state index contributed by atoms with van der Waals surface area (Å²) in [4.78, 5) is 1.49. The number of pyridine rings is 1. The van der Waals surface area contributed by atoms with Gasteiger partial charge in [-0.1, -0.05) is 19.4 Å². The maximum atomic E-state index is 6.04. The van der Waals surface area contributed by atoms with Gasteiger partial charge in [0.1, 0.15) is 18.8 Å². The third-order valence-corrected chi connectivity index (χ3v) is 3.52. The van der Waals surface area contributed by atoms with Gasteiger partial charge in [0.2, 0.25) is 0 Å². The molecule has 2 aromatic heterocycles. The molecule has 0 aliphatic carbocycles. The molecule has 5 nitrogen and oxygen atoms in total. The number of nitrogens with zero attached hydrogens (tertiary/aromatic N) is 2. The molecule has 0 aliphatic heterocycles. The summed E-state index contributed by atoms with van der Waals surface area (Å²) >= 11 is 0. The van der Waals surface area contributed by atoms with Crippen molar-refractivity contribution in [1.82, 2.24) is 9.61 Å². The predicted molar refractivity (Wildman–Crippen MR) is 81.2 cm³/mol. The highest BCUT2D eigenvalue weighted by atomic mass is 16.5. The number of nitrogens with one attached hydrogen (secondary N) is 1. The molecule has 0 fully saturated rings. The number of anilines is 1. The summed E-state index contributed by atoms with van der Waals surface area (Å²) in [5, 5.41) is 4.34. The summed E-state index contributed by atoms with van der Waals surface area (Å²) < 4.78 is 7.47. The molecule has 0 saturated carbocycles. The van der Waals surface area contributed by atoms with E-state index in [4.69, 9.17) is 10.5 Å². The number of nitrogen functional groups attached to an aromatic ring is 1.